The van der Waals surface area contributed by atoms with Gasteiger partial charge < -0.3 is 10.0 Å². The van der Waals surface area contributed by atoms with E-state index in [2.05, 4.69) is 0 Å². The van der Waals surface area contributed by atoms with Gasteiger partial charge in [-0.25, -0.2) is 4.39 Å². The van der Waals surface area contributed by atoms with Crippen LogP contribution in [0.4, 0.5) is 23.2 Å². The molecule has 35 heavy (non-hydrogen) atoms. The molecule has 2 aromatic rings. The normalized spacial score (nSPS) is 22.9. The largest absolute Gasteiger partial charge is 0.416 e. The maximum atomic E-state index is 14.7. The molecule has 2 fully saturated rings. The number of nitrogens with zero attached hydrogens (tertiary/aromatic N) is 3. The first-order chi connectivity index (χ1) is 16.3. The van der Waals surface area contributed by atoms with Gasteiger partial charge >= 0.3 is 6.18 Å². The molecule has 1 saturated carbocycles. The fraction of sp³-hybridized carbons (Fsp3) is 0.400. The van der Waals surface area contributed by atoms with Gasteiger partial charge in [0, 0.05) is 6.54 Å². The maximum absolute atomic E-state index is 14.7. The Morgan fingerprint density at radius 1 is 1.11 bits per heavy atom. The average Bonchev–Trinajstić information content (AvgIpc) is 2.74. The highest BCUT2D eigenvalue weighted by molar-refractivity contribution is 6.09. The second kappa shape index (κ2) is 8.34. The highest BCUT2D eigenvalue weighted by atomic mass is 19.4. The third-order valence-corrected chi connectivity index (χ3v) is 6.91. The van der Waals surface area contributed by atoms with Crippen molar-refractivity contribution >= 4 is 17.5 Å². The molecule has 2 amide bonds. The number of carbonyl (C=O) groups is 2. The molecular weight excluding hydrogens is 466 g/mol. The van der Waals surface area contributed by atoms with Crippen LogP contribution in [0.5, 0.6) is 0 Å². The van der Waals surface area contributed by atoms with E-state index in [1.807, 2.05) is 6.07 Å². The van der Waals surface area contributed by atoms with E-state index in [-0.39, 0.29) is 36.6 Å². The molecule has 0 aromatic heterocycles. The number of hydrogen-bond acceptors (Lipinski definition) is 4. The number of amides is 2. The van der Waals surface area contributed by atoms with Gasteiger partial charge in [0.1, 0.15) is 17.9 Å². The Labute approximate surface area is 199 Å². The standard InChI is InChI=1S/C25H23F4N3O3/c1-23(2,35)18-10-24(11-18)22(34)31(20-8-5-16(12-30)9-19(20)26)14-21(33)32(24)13-15-3-6-17(7-4-15)25(27,28)29/h3-9,18,35H,10-11,13-14H2,1-2H3. The minimum Gasteiger partial charge on any atom is -0.390 e. The van der Waals surface area contributed by atoms with Crippen LogP contribution in [0.25, 0.3) is 0 Å². The predicted octanol–water partition coefficient (Wildman–Crippen LogP) is 4.01. The van der Waals surface area contributed by atoms with Crippen molar-refractivity contribution in [2.24, 2.45) is 5.92 Å². The van der Waals surface area contributed by atoms with Gasteiger partial charge in [-0.05, 0) is 68.5 Å². The fourth-order valence-corrected chi connectivity index (χ4v) is 4.76. The van der Waals surface area contributed by atoms with E-state index in [4.69, 9.17) is 5.26 Å². The van der Waals surface area contributed by atoms with Crippen LogP contribution in [0, 0.1) is 23.1 Å². The number of halogens is 4. The summed E-state index contributed by atoms with van der Waals surface area (Å²) in [7, 11) is 0. The predicted molar refractivity (Wildman–Crippen MR) is 117 cm³/mol. The minimum atomic E-state index is -4.50. The summed E-state index contributed by atoms with van der Waals surface area (Å²) in [6, 6.07) is 9.75. The number of piperazine rings is 1. The van der Waals surface area contributed by atoms with Crippen molar-refractivity contribution in [1.29, 1.82) is 5.26 Å². The van der Waals surface area contributed by atoms with Crippen molar-refractivity contribution in [2.75, 3.05) is 11.4 Å². The monoisotopic (exact) mass is 489 g/mol. The minimum absolute atomic E-state index is 0.0615. The van der Waals surface area contributed by atoms with Gasteiger partial charge in [-0.15, -0.1) is 0 Å². The van der Waals surface area contributed by atoms with Gasteiger partial charge in [0.25, 0.3) is 5.91 Å². The highest BCUT2D eigenvalue weighted by Gasteiger charge is 2.62. The number of alkyl halides is 3. The molecule has 1 saturated heterocycles. The van der Waals surface area contributed by atoms with Crippen molar-refractivity contribution in [3.05, 3.63) is 65.0 Å². The molecule has 1 aliphatic carbocycles. The molecule has 6 nitrogen and oxygen atoms in total. The lowest BCUT2D eigenvalue weighted by Gasteiger charge is -2.59. The van der Waals surface area contributed by atoms with Crippen molar-refractivity contribution in [3.8, 4) is 6.07 Å². The van der Waals surface area contributed by atoms with E-state index in [1.54, 1.807) is 13.8 Å². The molecule has 2 aliphatic rings. The van der Waals surface area contributed by atoms with Crippen LogP contribution in [0.1, 0.15) is 43.4 Å². The molecule has 2 aromatic carbocycles. The lowest BCUT2D eigenvalue weighted by atomic mass is 9.60. The molecule has 0 atom stereocenters. The summed E-state index contributed by atoms with van der Waals surface area (Å²) in [6.07, 6.45) is -4.26. The number of anilines is 1. The van der Waals surface area contributed by atoms with E-state index in [1.165, 1.54) is 29.2 Å². The zero-order valence-corrected chi connectivity index (χ0v) is 19.1. The molecule has 1 heterocycles. The number of hydrogen-bond donors (Lipinski definition) is 1. The SMILES string of the molecule is CC(C)(O)C1CC2(C1)C(=O)N(c1ccc(C#N)cc1F)CC(=O)N2Cc1ccc(C(F)(F)F)cc1. The Hall–Kier alpha value is -3.45. The number of aliphatic hydroxyl groups is 1. The smallest absolute Gasteiger partial charge is 0.390 e. The fourth-order valence-electron chi connectivity index (χ4n) is 4.76. The lowest BCUT2D eigenvalue weighted by molar-refractivity contribution is -0.171. The zero-order chi connectivity index (χ0) is 25.8. The second-order valence-electron chi connectivity index (χ2n) is 9.63. The molecule has 0 unspecified atom stereocenters. The van der Waals surface area contributed by atoms with Gasteiger partial charge in [-0.1, -0.05) is 12.1 Å². The summed E-state index contributed by atoms with van der Waals surface area (Å²) in [5.74, 6) is -2.18. The average molecular weight is 489 g/mol. The van der Waals surface area contributed by atoms with Crippen molar-refractivity contribution in [2.45, 2.75) is 50.6 Å². The molecule has 1 spiro atoms. The molecule has 0 radical (unpaired) electrons. The molecular formula is C25H23F4N3O3. The molecule has 0 bridgehead atoms. The van der Waals surface area contributed by atoms with Gasteiger partial charge in [0.05, 0.1) is 28.5 Å². The van der Waals surface area contributed by atoms with Crippen LogP contribution in [0.15, 0.2) is 42.5 Å². The van der Waals surface area contributed by atoms with E-state index in [9.17, 15) is 32.3 Å². The topological polar surface area (TPSA) is 84.6 Å². The Kier molecular flexibility index (Phi) is 5.88. The summed E-state index contributed by atoms with van der Waals surface area (Å²) in [4.78, 5) is 29.4. The van der Waals surface area contributed by atoms with Crippen LogP contribution in [-0.4, -0.2) is 39.5 Å². The number of benzene rings is 2. The third-order valence-electron chi connectivity index (χ3n) is 6.91. The van der Waals surface area contributed by atoms with Crippen molar-refractivity contribution in [1.82, 2.24) is 4.90 Å². The molecule has 4 rings (SSSR count). The van der Waals surface area contributed by atoms with Gasteiger partial charge in [0.15, 0.2) is 0 Å². The zero-order valence-electron chi connectivity index (χ0n) is 19.1. The van der Waals surface area contributed by atoms with Gasteiger partial charge in [-0.2, -0.15) is 18.4 Å². The molecule has 10 heteroatoms. The first-order valence-corrected chi connectivity index (χ1v) is 11.0. The Balaban J connectivity index is 1.68. The van der Waals surface area contributed by atoms with E-state index < -0.39 is 47.1 Å². The van der Waals surface area contributed by atoms with Crippen molar-refractivity contribution in [3.63, 3.8) is 0 Å². The number of nitriles is 1. The van der Waals surface area contributed by atoms with E-state index in [0.717, 1.165) is 23.1 Å². The van der Waals surface area contributed by atoms with Gasteiger partial charge in [0.2, 0.25) is 5.91 Å². The molecule has 184 valence electrons. The Bertz CT molecular complexity index is 1210. The van der Waals surface area contributed by atoms with Crippen LogP contribution >= 0.6 is 0 Å². The first kappa shape index (κ1) is 24.7. The van der Waals surface area contributed by atoms with Crippen LogP contribution in [-0.2, 0) is 22.3 Å². The Morgan fingerprint density at radius 2 is 1.74 bits per heavy atom. The summed E-state index contributed by atoms with van der Waals surface area (Å²) in [5.41, 5.74) is -3.00. The maximum Gasteiger partial charge on any atom is 0.416 e. The van der Waals surface area contributed by atoms with E-state index in [0.29, 0.717) is 5.56 Å². The van der Waals surface area contributed by atoms with Crippen LogP contribution < -0.4 is 4.90 Å². The number of carbonyl (C=O) groups excluding carboxylic acids is 2. The summed E-state index contributed by atoms with van der Waals surface area (Å²) >= 11 is 0. The highest BCUT2D eigenvalue weighted by Crippen LogP contribution is 2.51. The molecule has 1 N–H and O–H groups in total. The Morgan fingerprint density at radius 3 is 2.26 bits per heavy atom. The molecule has 1 aliphatic heterocycles. The summed E-state index contributed by atoms with van der Waals surface area (Å²) in [6.45, 7) is 2.62. The van der Waals surface area contributed by atoms with Crippen LogP contribution in [0.2, 0.25) is 0 Å². The summed E-state index contributed by atoms with van der Waals surface area (Å²) < 4.78 is 53.5. The lowest BCUT2D eigenvalue weighted by Crippen LogP contribution is -2.74. The third kappa shape index (κ3) is 4.36. The van der Waals surface area contributed by atoms with Crippen LogP contribution in [0.3, 0.4) is 0 Å². The second-order valence-corrected chi connectivity index (χ2v) is 9.63. The van der Waals surface area contributed by atoms with Gasteiger partial charge in [-0.3, -0.25) is 14.5 Å². The van der Waals surface area contributed by atoms with E-state index >= 15 is 0 Å². The first-order valence-electron chi connectivity index (χ1n) is 11.0. The number of rotatable bonds is 4. The van der Waals surface area contributed by atoms with Crippen molar-refractivity contribution < 1.29 is 32.3 Å². The quantitative estimate of drug-likeness (QED) is 0.658. The summed E-state index contributed by atoms with van der Waals surface area (Å²) in [5, 5.41) is 19.4.